The monoisotopic (exact) mass is 280 g/mol. The van der Waals surface area contributed by atoms with Gasteiger partial charge in [-0.25, -0.2) is 0 Å². The van der Waals surface area contributed by atoms with Crippen LogP contribution in [0, 0.1) is 5.92 Å². The van der Waals surface area contributed by atoms with Crippen molar-refractivity contribution in [1.82, 2.24) is 0 Å². The van der Waals surface area contributed by atoms with Gasteiger partial charge < -0.3 is 15.8 Å². The molecular weight excluding hydrogens is 260 g/mol. The van der Waals surface area contributed by atoms with Gasteiger partial charge in [0, 0.05) is 17.9 Å². The molecule has 0 aromatic heterocycles. The maximum atomic E-state index is 11.6. The molecule has 0 fully saturated rings. The van der Waals surface area contributed by atoms with Gasteiger partial charge in [-0.3, -0.25) is 4.79 Å². The van der Waals surface area contributed by atoms with E-state index in [9.17, 15) is 4.79 Å². The standard InChI is InChI=1S/C14H20N2O2S/c1-10(2)6-7-18-9-13(17)16-12-5-3-4-11(8-12)14(15)19/h3-5,8,10H,6-7,9H2,1-2H3,(H2,15,19)(H,16,17). The van der Waals surface area contributed by atoms with Crippen LogP contribution in [0.1, 0.15) is 25.8 Å². The second-order valence-electron chi connectivity index (χ2n) is 4.73. The first kappa shape index (κ1) is 15.6. The Morgan fingerprint density at radius 1 is 1.47 bits per heavy atom. The quantitative estimate of drug-likeness (QED) is 0.594. The molecule has 1 amide bonds. The Hall–Kier alpha value is -1.46. The summed E-state index contributed by atoms with van der Waals surface area (Å²) in [6, 6.07) is 7.13. The predicted octanol–water partition coefficient (Wildman–Crippen LogP) is 2.32. The van der Waals surface area contributed by atoms with Crippen molar-refractivity contribution in [2.75, 3.05) is 18.5 Å². The summed E-state index contributed by atoms with van der Waals surface area (Å²) in [7, 11) is 0. The number of amides is 1. The highest BCUT2D eigenvalue weighted by atomic mass is 32.1. The van der Waals surface area contributed by atoms with Crippen LogP contribution in [0.2, 0.25) is 0 Å². The number of carbonyl (C=O) groups excluding carboxylic acids is 1. The number of nitrogens with one attached hydrogen (secondary N) is 1. The molecule has 0 saturated carbocycles. The molecule has 0 saturated heterocycles. The highest BCUT2D eigenvalue weighted by molar-refractivity contribution is 7.80. The van der Waals surface area contributed by atoms with Gasteiger partial charge in [-0.15, -0.1) is 0 Å². The Labute approximate surface area is 119 Å². The van der Waals surface area contributed by atoms with E-state index < -0.39 is 0 Å². The first-order valence-corrected chi connectivity index (χ1v) is 6.67. The fraction of sp³-hybridized carbons (Fsp3) is 0.429. The van der Waals surface area contributed by atoms with Gasteiger partial charge in [0.1, 0.15) is 11.6 Å². The van der Waals surface area contributed by atoms with Gasteiger partial charge in [0.25, 0.3) is 0 Å². The molecule has 0 unspecified atom stereocenters. The second kappa shape index (κ2) is 7.86. The van der Waals surface area contributed by atoms with Crippen LogP contribution in [0.15, 0.2) is 24.3 Å². The Kier molecular flexibility index (Phi) is 6.45. The third-order valence-corrected chi connectivity index (χ3v) is 2.74. The van der Waals surface area contributed by atoms with Crippen LogP contribution in [-0.4, -0.2) is 24.1 Å². The van der Waals surface area contributed by atoms with Gasteiger partial charge in [-0.1, -0.05) is 38.2 Å². The van der Waals surface area contributed by atoms with E-state index in [0.717, 1.165) is 12.0 Å². The summed E-state index contributed by atoms with van der Waals surface area (Å²) in [5.74, 6) is 0.397. The third kappa shape index (κ3) is 6.31. The summed E-state index contributed by atoms with van der Waals surface area (Å²) < 4.78 is 5.29. The molecule has 0 atom stereocenters. The van der Waals surface area contributed by atoms with Crippen LogP contribution in [-0.2, 0) is 9.53 Å². The van der Waals surface area contributed by atoms with Crippen molar-refractivity contribution in [3.05, 3.63) is 29.8 Å². The van der Waals surface area contributed by atoms with E-state index in [1.54, 1.807) is 24.3 Å². The molecule has 3 N–H and O–H groups in total. The molecule has 0 aliphatic heterocycles. The van der Waals surface area contributed by atoms with Crippen LogP contribution < -0.4 is 11.1 Å². The Morgan fingerprint density at radius 3 is 2.84 bits per heavy atom. The fourth-order valence-electron chi connectivity index (χ4n) is 1.43. The zero-order valence-electron chi connectivity index (χ0n) is 11.3. The van der Waals surface area contributed by atoms with Crippen molar-refractivity contribution >= 4 is 28.8 Å². The van der Waals surface area contributed by atoms with Gasteiger partial charge >= 0.3 is 0 Å². The van der Waals surface area contributed by atoms with E-state index >= 15 is 0 Å². The third-order valence-electron chi connectivity index (χ3n) is 2.50. The van der Waals surface area contributed by atoms with Crippen LogP contribution in [0.4, 0.5) is 5.69 Å². The Morgan fingerprint density at radius 2 is 2.21 bits per heavy atom. The van der Waals surface area contributed by atoms with Gasteiger partial charge in [0.2, 0.25) is 5.91 Å². The highest BCUT2D eigenvalue weighted by Gasteiger charge is 2.04. The van der Waals surface area contributed by atoms with Gasteiger partial charge in [-0.2, -0.15) is 0 Å². The average molecular weight is 280 g/mol. The van der Waals surface area contributed by atoms with Crippen LogP contribution >= 0.6 is 12.2 Å². The first-order valence-electron chi connectivity index (χ1n) is 6.26. The zero-order valence-corrected chi connectivity index (χ0v) is 12.1. The number of hydrogen-bond acceptors (Lipinski definition) is 3. The van der Waals surface area contributed by atoms with E-state index in [-0.39, 0.29) is 12.5 Å². The number of rotatable bonds is 7. The number of ether oxygens (including phenoxy) is 1. The molecule has 0 heterocycles. The SMILES string of the molecule is CC(C)CCOCC(=O)Nc1cccc(C(N)=S)c1. The summed E-state index contributed by atoms with van der Waals surface area (Å²) >= 11 is 4.89. The Bertz CT molecular complexity index is 447. The van der Waals surface area contributed by atoms with Crippen LogP contribution in [0.25, 0.3) is 0 Å². The van der Waals surface area contributed by atoms with Crippen molar-refractivity contribution < 1.29 is 9.53 Å². The number of anilines is 1. The largest absolute Gasteiger partial charge is 0.389 e. The van der Waals surface area contributed by atoms with E-state index in [2.05, 4.69) is 19.2 Å². The van der Waals surface area contributed by atoms with Gasteiger partial charge in [0.15, 0.2) is 0 Å². The summed E-state index contributed by atoms with van der Waals surface area (Å²) in [5, 5.41) is 2.75. The number of carbonyl (C=O) groups is 1. The van der Waals surface area contributed by atoms with E-state index in [0.29, 0.717) is 23.2 Å². The number of nitrogens with two attached hydrogens (primary N) is 1. The summed E-state index contributed by atoms with van der Waals surface area (Å²) in [5.41, 5.74) is 6.93. The van der Waals surface area contributed by atoms with Crippen molar-refractivity contribution in [3.63, 3.8) is 0 Å². The fourth-order valence-corrected chi connectivity index (χ4v) is 1.56. The van der Waals surface area contributed by atoms with E-state index in [1.807, 2.05) is 0 Å². The molecule has 5 heteroatoms. The summed E-state index contributed by atoms with van der Waals surface area (Å²) in [6.45, 7) is 4.89. The van der Waals surface area contributed by atoms with Gasteiger partial charge in [-0.05, 0) is 24.5 Å². The normalized spacial score (nSPS) is 10.5. The molecule has 0 bridgehead atoms. The van der Waals surface area contributed by atoms with E-state index in [4.69, 9.17) is 22.7 Å². The van der Waals surface area contributed by atoms with Crippen LogP contribution in [0.5, 0.6) is 0 Å². The molecule has 4 nitrogen and oxygen atoms in total. The van der Waals surface area contributed by atoms with Crippen molar-refractivity contribution in [3.8, 4) is 0 Å². The number of thiocarbonyl (C=S) groups is 1. The van der Waals surface area contributed by atoms with Crippen molar-refractivity contribution in [2.45, 2.75) is 20.3 Å². The maximum absolute atomic E-state index is 11.6. The first-order chi connectivity index (χ1) is 8.99. The minimum atomic E-state index is -0.177. The summed E-state index contributed by atoms with van der Waals surface area (Å²) in [4.78, 5) is 11.9. The molecule has 0 aliphatic rings. The lowest BCUT2D eigenvalue weighted by molar-refractivity contribution is -0.120. The molecule has 1 aromatic rings. The van der Waals surface area contributed by atoms with Gasteiger partial charge in [0.05, 0.1) is 0 Å². The number of hydrogen-bond donors (Lipinski definition) is 2. The molecule has 104 valence electrons. The lowest BCUT2D eigenvalue weighted by Gasteiger charge is -2.08. The topological polar surface area (TPSA) is 64.3 Å². The Balaban J connectivity index is 2.40. The summed E-state index contributed by atoms with van der Waals surface area (Å²) in [6.07, 6.45) is 0.949. The lowest BCUT2D eigenvalue weighted by Crippen LogP contribution is -2.19. The maximum Gasteiger partial charge on any atom is 0.250 e. The predicted molar refractivity (Wildman–Crippen MR) is 81.2 cm³/mol. The van der Waals surface area contributed by atoms with E-state index in [1.165, 1.54) is 0 Å². The smallest absolute Gasteiger partial charge is 0.250 e. The minimum Gasteiger partial charge on any atom is -0.389 e. The minimum absolute atomic E-state index is 0.0595. The van der Waals surface area contributed by atoms with Crippen molar-refractivity contribution in [2.24, 2.45) is 11.7 Å². The zero-order chi connectivity index (χ0) is 14.3. The molecular formula is C14H20N2O2S. The molecule has 1 aromatic carbocycles. The second-order valence-corrected chi connectivity index (χ2v) is 5.17. The number of benzene rings is 1. The molecule has 0 aliphatic carbocycles. The molecule has 0 radical (unpaired) electrons. The highest BCUT2D eigenvalue weighted by Crippen LogP contribution is 2.10. The van der Waals surface area contributed by atoms with Crippen molar-refractivity contribution in [1.29, 1.82) is 0 Å². The van der Waals surface area contributed by atoms with Crippen LogP contribution in [0.3, 0.4) is 0 Å². The average Bonchev–Trinajstić information content (AvgIpc) is 2.34. The molecule has 19 heavy (non-hydrogen) atoms. The molecule has 1 rings (SSSR count). The lowest BCUT2D eigenvalue weighted by atomic mass is 10.1. The molecule has 0 spiro atoms.